The van der Waals surface area contributed by atoms with Gasteiger partial charge in [0.2, 0.25) is 0 Å². The molecule has 0 radical (unpaired) electrons. The van der Waals surface area contributed by atoms with Crippen LogP contribution in [0.15, 0.2) is 10.8 Å². The van der Waals surface area contributed by atoms with Gasteiger partial charge in [-0.05, 0) is 19.4 Å². The van der Waals surface area contributed by atoms with Gasteiger partial charge >= 0.3 is 0 Å². The Balaban J connectivity index is 2.00. The molecule has 2 N–H and O–H groups in total. The van der Waals surface area contributed by atoms with E-state index < -0.39 is 0 Å². The number of rotatable bonds is 7. The molecule has 0 aliphatic carbocycles. The van der Waals surface area contributed by atoms with E-state index in [-0.39, 0.29) is 0 Å². The Morgan fingerprint density at radius 1 is 1.33 bits per heavy atom. The SMILES string of the molecule is Cc1ncoc1CNCCNCC(C)C. The maximum Gasteiger partial charge on any atom is 0.181 e. The minimum atomic E-state index is 0.710. The van der Waals surface area contributed by atoms with E-state index in [1.165, 1.54) is 6.39 Å². The molecule has 1 aromatic heterocycles. The number of nitrogens with zero attached hydrogens (tertiary/aromatic N) is 1. The maximum atomic E-state index is 5.22. The van der Waals surface area contributed by atoms with E-state index in [0.717, 1.165) is 37.6 Å². The molecular formula is C11H21N3O. The fraction of sp³-hybridized carbons (Fsp3) is 0.727. The number of aryl methyl sites for hydroxylation is 1. The highest BCUT2D eigenvalue weighted by Crippen LogP contribution is 2.03. The van der Waals surface area contributed by atoms with Crippen LogP contribution in [-0.2, 0) is 6.54 Å². The van der Waals surface area contributed by atoms with Crippen molar-refractivity contribution in [2.24, 2.45) is 5.92 Å². The molecule has 0 spiro atoms. The van der Waals surface area contributed by atoms with Crippen molar-refractivity contribution in [3.63, 3.8) is 0 Å². The largest absolute Gasteiger partial charge is 0.447 e. The van der Waals surface area contributed by atoms with Crippen molar-refractivity contribution in [1.82, 2.24) is 15.6 Å². The van der Waals surface area contributed by atoms with Crippen molar-refractivity contribution in [3.05, 3.63) is 17.8 Å². The molecule has 0 saturated carbocycles. The summed E-state index contributed by atoms with van der Waals surface area (Å²) in [5.74, 6) is 1.64. The lowest BCUT2D eigenvalue weighted by Gasteiger charge is -2.07. The monoisotopic (exact) mass is 211 g/mol. The molecule has 0 aliphatic rings. The Kier molecular flexibility index (Phi) is 5.36. The van der Waals surface area contributed by atoms with Gasteiger partial charge in [-0.3, -0.25) is 0 Å². The van der Waals surface area contributed by atoms with Crippen molar-refractivity contribution >= 4 is 0 Å². The highest BCUT2D eigenvalue weighted by molar-refractivity contribution is 5.03. The van der Waals surface area contributed by atoms with E-state index >= 15 is 0 Å². The zero-order valence-corrected chi connectivity index (χ0v) is 9.84. The van der Waals surface area contributed by atoms with Crippen LogP contribution in [0.2, 0.25) is 0 Å². The number of aromatic nitrogens is 1. The second kappa shape index (κ2) is 6.58. The van der Waals surface area contributed by atoms with Gasteiger partial charge in [-0.2, -0.15) is 0 Å². The first-order valence-corrected chi connectivity index (χ1v) is 5.50. The summed E-state index contributed by atoms with van der Waals surface area (Å²) in [5.41, 5.74) is 0.970. The first-order chi connectivity index (χ1) is 7.20. The van der Waals surface area contributed by atoms with Crippen LogP contribution < -0.4 is 10.6 Å². The first-order valence-electron chi connectivity index (χ1n) is 5.50. The summed E-state index contributed by atoms with van der Waals surface area (Å²) in [6.45, 7) is 10.1. The Bertz CT molecular complexity index is 271. The van der Waals surface area contributed by atoms with Crippen LogP contribution in [0.25, 0.3) is 0 Å². The van der Waals surface area contributed by atoms with Gasteiger partial charge < -0.3 is 15.1 Å². The maximum absolute atomic E-state index is 5.22. The van der Waals surface area contributed by atoms with E-state index in [1.807, 2.05) is 6.92 Å². The topological polar surface area (TPSA) is 50.1 Å². The molecule has 4 nitrogen and oxygen atoms in total. The summed E-state index contributed by atoms with van der Waals surface area (Å²) in [5, 5.41) is 6.68. The fourth-order valence-corrected chi connectivity index (χ4v) is 1.27. The molecule has 86 valence electrons. The molecule has 15 heavy (non-hydrogen) atoms. The van der Waals surface area contributed by atoms with Crippen molar-refractivity contribution < 1.29 is 4.42 Å². The molecule has 0 aromatic carbocycles. The summed E-state index contributed by atoms with van der Waals surface area (Å²) < 4.78 is 5.22. The van der Waals surface area contributed by atoms with Crippen LogP contribution in [0, 0.1) is 12.8 Å². The smallest absolute Gasteiger partial charge is 0.181 e. The van der Waals surface area contributed by atoms with Gasteiger partial charge in [0.25, 0.3) is 0 Å². The highest BCUT2D eigenvalue weighted by Gasteiger charge is 2.01. The van der Waals surface area contributed by atoms with Gasteiger partial charge in [0.05, 0.1) is 12.2 Å². The van der Waals surface area contributed by atoms with Crippen LogP contribution in [0.3, 0.4) is 0 Å². The molecule has 0 bridgehead atoms. The van der Waals surface area contributed by atoms with Crippen molar-refractivity contribution in [1.29, 1.82) is 0 Å². The Labute approximate surface area is 91.5 Å². The summed E-state index contributed by atoms with van der Waals surface area (Å²) in [6, 6.07) is 0. The average molecular weight is 211 g/mol. The number of nitrogens with one attached hydrogen (secondary N) is 2. The normalized spacial score (nSPS) is 11.2. The van der Waals surface area contributed by atoms with Gasteiger partial charge in [0, 0.05) is 13.1 Å². The first kappa shape index (κ1) is 12.2. The second-order valence-corrected chi connectivity index (χ2v) is 4.14. The fourth-order valence-electron chi connectivity index (χ4n) is 1.27. The Morgan fingerprint density at radius 2 is 2.07 bits per heavy atom. The zero-order chi connectivity index (χ0) is 11.1. The standard InChI is InChI=1S/C11H21N3O/c1-9(2)6-12-4-5-13-7-11-10(3)14-8-15-11/h8-9,12-13H,4-7H2,1-3H3. The van der Waals surface area contributed by atoms with E-state index in [0.29, 0.717) is 5.92 Å². The molecule has 1 aromatic rings. The van der Waals surface area contributed by atoms with Crippen molar-refractivity contribution in [2.75, 3.05) is 19.6 Å². The minimum Gasteiger partial charge on any atom is -0.447 e. The molecule has 4 heteroatoms. The quantitative estimate of drug-likeness (QED) is 0.668. The zero-order valence-electron chi connectivity index (χ0n) is 9.84. The Hall–Kier alpha value is -0.870. The number of hydrogen-bond donors (Lipinski definition) is 2. The molecule has 0 saturated heterocycles. The third kappa shape index (κ3) is 4.95. The number of oxazole rings is 1. The van der Waals surface area contributed by atoms with Gasteiger partial charge in [0.1, 0.15) is 5.76 Å². The third-order valence-electron chi connectivity index (χ3n) is 2.16. The molecule has 0 aliphatic heterocycles. The predicted molar refractivity (Wildman–Crippen MR) is 60.7 cm³/mol. The minimum absolute atomic E-state index is 0.710. The van der Waals surface area contributed by atoms with Crippen LogP contribution >= 0.6 is 0 Å². The van der Waals surface area contributed by atoms with Gasteiger partial charge in [0.15, 0.2) is 6.39 Å². The molecule has 0 atom stereocenters. The summed E-state index contributed by atoms with van der Waals surface area (Å²) in [6.07, 6.45) is 1.49. The van der Waals surface area contributed by atoms with E-state index in [1.54, 1.807) is 0 Å². The van der Waals surface area contributed by atoms with Gasteiger partial charge in [-0.15, -0.1) is 0 Å². The number of hydrogen-bond acceptors (Lipinski definition) is 4. The van der Waals surface area contributed by atoms with Crippen molar-refractivity contribution in [2.45, 2.75) is 27.3 Å². The highest BCUT2D eigenvalue weighted by atomic mass is 16.3. The third-order valence-corrected chi connectivity index (χ3v) is 2.16. The molecule has 0 unspecified atom stereocenters. The lowest BCUT2D eigenvalue weighted by Crippen LogP contribution is -2.29. The second-order valence-electron chi connectivity index (χ2n) is 4.14. The van der Waals surface area contributed by atoms with Crippen LogP contribution in [0.5, 0.6) is 0 Å². The molecule has 0 amide bonds. The van der Waals surface area contributed by atoms with Gasteiger partial charge in [-0.1, -0.05) is 13.8 Å². The lowest BCUT2D eigenvalue weighted by atomic mass is 10.2. The summed E-state index contributed by atoms with van der Waals surface area (Å²) in [7, 11) is 0. The lowest BCUT2D eigenvalue weighted by molar-refractivity contribution is 0.470. The molecule has 0 fully saturated rings. The van der Waals surface area contributed by atoms with Crippen LogP contribution in [-0.4, -0.2) is 24.6 Å². The van der Waals surface area contributed by atoms with E-state index in [9.17, 15) is 0 Å². The van der Waals surface area contributed by atoms with Gasteiger partial charge in [-0.25, -0.2) is 4.98 Å². The molecule has 1 heterocycles. The Morgan fingerprint density at radius 3 is 2.67 bits per heavy atom. The van der Waals surface area contributed by atoms with E-state index in [4.69, 9.17) is 4.42 Å². The molecular weight excluding hydrogens is 190 g/mol. The van der Waals surface area contributed by atoms with Crippen LogP contribution in [0.4, 0.5) is 0 Å². The average Bonchev–Trinajstić information content (AvgIpc) is 2.57. The predicted octanol–water partition coefficient (Wildman–Crippen LogP) is 1.32. The van der Waals surface area contributed by atoms with E-state index in [2.05, 4.69) is 29.5 Å². The summed E-state index contributed by atoms with van der Waals surface area (Å²) in [4.78, 5) is 4.03. The summed E-state index contributed by atoms with van der Waals surface area (Å²) >= 11 is 0. The van der Waals surface area contributed by atoms with Crippen LogP contribution in [0.1, 0.15) is 25.3 Å². The molecule has 1 rings (SSSR count). The van der Waals surface area contributed by atoms with Crippen molar-refractivity contribution in [3.8, 4) is 0 Å².